The summed E-state index contributed by atoms with van der Waals surface area (Å²) in [7, 11) is 1.60. The second-order valence-electron chi connectivity index (χ2n) is 8.76. The quantitative estimate of drug-likeness (QED) is 0.399. The third kappa shape index (κ3) is 6.89. The molecule has 3 aromatic carbocycles. The number of anilines is 2. The largest absolute Gasteiger partial charge is 0.497 e. The zero-order chi connectivity index (χ0) is 26.4. The van der Waals surface area contributed by atoms with Crippen molar-refractivity contribution in [2.24, 2.45) is 5.92 Å². The minimum absolute atomic E-state index is 0.109. The Bertz CT molecular complexity index is 1280. The zero-order valence-corrected chi connectivity index (χ0v) is 22.2. The molecule has 0 radical (unpaired) electrons. The lowest BCUT2D eigenvalue weighted by Crippen LogP contribution is -2.32. The Labute approximate surface area is 224 Å². The van der Waals surface area contributed by atoms with Gasteiger partial charge >= 0.3 is 0 Å². The molecule has 0 bridgehead atoms. The fourth-order valence-electron chi connectivity index (χ4n) is 4.03. The molecule has 1 saturated heterocycles. The molecule has 0 spiro atoms. The van der Waals surface area contributed by atoms with E-state index in [1.807, 2.05) is 49.4 Å². The Balaban J connectivity index is 1.26. The lowest BCUT2D eigenvalue weighted by Gasteiger charge is -2.17. The molecule has 1 heterocycles. The second-order valence-corrected chi connectivity index (χ2v) is 9.68. The maximum Gasteiger partial charge on any atom is 0.262 e. The molecule has 3 aromatic rings. The Morgan fingerprint density at radius 3 is 2.41 bits per heavy atom. The van der Waals surface area contributed by atoms with Crippen LogP contribution in [-0.2, 0) is 20.9 Å². The Morgan fingerprint density at radius 2 is 1.73 bits per heavy atom. The van der Waals surface area contributed by atoms with Crippen LogP contribution in [0.25, 0.3) is 0 Å². The van der Waals surface area contributed by atoms with E-state index in [0.717, 1.165) is 27.0 Å². The van der Waals surface area contributed by atoms with Crippen molar-refractivity contribution >= 4 is 45.0 Å². The first-order valence-corrected chi connectivity index (χ1v) is 12.6. The highest BCUT2D eigenvalue weighted by molar-refractivity contribution is 9.10. The summed E-state index contributed by atoms with van der Waals surface area (Å²) in [5.41, 5.74) is 3.29. The van der Waals surface area contributed by atoms with Gasteiger partial charge in [-0.1, -0.05) is 28.1 Å². The number of ether oxygens (including phenoxy) is 2. The molecule has 3 amide bonds. The highest BCUT2D eigenvalue weighted by Crippen LogP contribution is 2.27. The predicted molar refractivity (Wildman–Crippen MR) is 145 cm³/mol. The van der Waals surface area contributed by atoms with Crippen molar-refractivity contribution < 1.29 is 23.9 Å². The molecule has 1 fully saturated rings. The molecule has 8 nitrogen and oxygen atoms in total. The standard InChI is InChI=1S/C28H28BrN3O5/c1-18-13-21(29)5-12-25(18)31-26(33)17-37-24-10-6-22(7-11-24)32-16-20(14-27(32)34)28(35)30-15-19-3-8-23(36-2)9-4-19/h3-13,20H,14-17H2,1-2H3,(H,30,35)(H,31,33)/t20-/m0/s1. The van der Waals surface area contributed by atoms with Gasteiger partial charge in [-0.3, -0.25) is 14.4 Å². The molecule has 0 saturated carbocycles. The number of nitrogens with one attached hydrogen (secondary N) is 2. The summed E-state index contributed by atoms with van der Waals surface area (Å²) in [6, 6.07) is 20.0. The van der Waals surface area contributed by atoms with Crippen molar-refractivity contribution in [1.29, 1.82) is 0 Å². The number of nitrogens with zero attached hydrogens (tertiary/aromatic N) is 1. The number of amides is 3. The fraction of sp³-hybridized carbons (Fsp3) is 0.250. The van der Waals surface area contributed by atoms with E-state index in [2.05, 4.69) is 26.6 Å². The highest BCUT2D eigenvalue weighted by atomic mass is 79.9. The summed E-state index contributed by atoms with van der Waals surface area (Å²) in [6.07, 6.45) is 0.155. The molecule has 0 unspecified atom stereocenters. The number of methoxy groups -OCH3 is 1. The maximum absolute atomic E-state index is 12.7. The van der Waals surface area contributed by atoms with E-state index in [4.69, 9.17) is 9.47 Å². The normalized spacial score (nSPS) is 14.8. The molecule has 2 N–H and O–H groups in total. The number of hydrogen-bond acceptors (Lipinski definition) is 5. The Morgan fingerprint density at radius 1 is 1.03 bits per heavy atom. The summed E-state index contributed by atoms with van der Waals surface area (Å²) in [5.74, 6) is 0.302. The lowest BCUT2D eigenvalue weighted by molar-refractivity contribution is -0.126. The number of hydrogen-bond donors (Lipinski definition) is 2. The molecule has 0 aliphatic carbocycles. The van der Waals surface area contributed by atoms with Gasteiger partial charge in [0.2, 0.25) is 11.8 Å². The monoisotopic (exact) mass is 565 g/mol. The van der Waals surface area contributed by atoms with Crippen LogP contribution in [-0.4, -0.2) is 38.0 Å². The van der Waals surface area contributed by atoms with Crippen LogP contribution in [0.1, 0.15) is 17.5 Å². The number of halogens is 1. The van der Waals surface area contributed by atoms with Crippen LogP contribution in [0.15, 0.2) is 71.2 Å². The van der Waals surface area contributed by atoms with Gasteiger partial charge in [0.05, 0.1) is 13.0 Å². The second kappa shape index (κ2) is 11.9. The summed E-state index contributed by atoms with van der Waals surface area (Å²) in [5, 5.41) is 5.74. The van der Waals surface area contributed by atoms with Crippen LogP contribution in [0.3, 0.4) is 0 Å². The summed E-state index contributed by atoms with van der Waals surface area (Å²) >= 11 is 3.40. The average molecular weight is 566 g/mol. The van der Waals surface area contributed by atoms with Crippen LogP contribution in [0, 0.1) is 12.8 Å². The Hall–Kier alpha value is -3.85. The number of carbonyl (C=O) groups is 3. The van der Waals surface area contributed by atoms with Crippen molar-refractivity contribution in [2.75, 3.05) is 30.5 Å². The van der Waals surface area contributed by atoms with Crippen molar-refractivity contribution in [3.05, 3.63) is 82.3 Å². The first kappa shape index (κ1) is 26.2. The fourth-order valence-corrected chi connectivity index (χ4v) is 4.51. The van der Waals surface area contributed by atoms with E-state index in [1.54, 1.807) is 36.3 Å². The van der Waals surface area contributed by atoms with Crippen molar-refractivity contribution in [2.45, 2.75) is 19.9 Å². The van der Waals surface area contributed by atoms with Gasteiger partial charge in [-0.05, 0) is 72.6 Å². The Kier molecular flexibility index (Phi) is 8.45. The molecule has 192 valence electrons. The number of carbonyl (C=O) groups excluding carboxylic acids is 3. The molecule has 4 rings (SSSR count). The molecule has 1 aliphatic heterocycles. The van der Waals surface area contributed by atoms with Gasteiger partial charge < -0.3 is 25.0 Å². The maximum atomic E-state index is 12.7. The van der Waals surface area contributed by atoms with Gasteiger partial charge in [-0.25, -0.2) is 0 Å². The SMILES string of the molecule is COc1ccc(CNC(=O)[C@H]2CC(=O)N(c3ccc(OCC(=O)Nc4ccc(Br)cc4C)cc3)C2)cc1. The molecule has 9 heteroatoms. The van der Waals surface area contributed by atoms with Crippen molar-refractivity contribution in [1.82, 2.24) is 5.32 Å². The van der Waals surface area contributed by atoms with Crippen LogP contribution < -0.4 is 25.0 Å². The third-order valence-corrected chi connectivity index (χ3v) is 6.60. The van der Waals surface area contributed by atoms with E-state index >= 15 is 0 Å². The van der Waals surface area contributed by atoms with Crippen LogP contribution in [0.2, 0.25) is 0 Å². The van der Waals surface area contributed by atoms with Gasteiger partial charge in [0.1, 0.15) is 11.5 Å². The number of aryl methyl sites for hydroxylation is 1. The van der Waals surface area contributed by atoms with Crippen LogP contribution >= 0.6 is 15.9 Å². The van der Waals surface area contributed by atoms with Crippen LogP contribution in [0.4, 0.5) is 11.4 Å². The molecular weight excluding hydrogens is 538 g/mol. The smallest absolute Gasteiger partial charge is 0.262 e. The third-order valence-electron chi connectivity index (χ3n) is 6.10. The summed E-state index contributed by atoms with van der Waals surface area (Å²) in [6.45, 7) is 2.46. The van der Waals surface area contributed by atoms with Crippen molar-refractivity contribution in [3.63, 3.8) is 0 Å². The van der Waals surface area contributed by atoms with Gasteiger partial charge in [-0.2, -0.15) is 0 Å². The minimum atomic E-state index is -0.424. The lowest BCUT2D eigenvalue weighted by atomic mass is 10.1. The van der Waals surface area contributed by atoms with Crippen LogP contribution in [0.5, 0.6) is 11.5 Å². The number of rotatable bonds is 9. The van der Waals surface area contributed by atoms with E-state index in [9.17, 15) is 14.4 Å². The van der Waals surface area contributed by atoms with E-state index in [0.29, 0.717) is 24.5 Å². The molecule has 1 aliphatic rings. The summed E-state index contributed by atoms with van der Waals surface area (Å²) < 4.78 is 11.7. The predicted octanol–water partition coefficient (Wildman–Crippen LogP) is 4.45. The van der Waals surface area contributed by atoms with Gasteiger partial charge in [0.15, 0.2) is 6.61 Å². The highest BCUT2D eigenvalue weighted by Gasteiger charge is 2.35. The van der Waals surface area contributed by atoms with Crippen molar-refractivity contribution in [3.8, 4) is 11.5 Å². The first-order chi connectivity index (χ1) is 17.8. The topological polar surface area (TPSA) is 97.0 Å². The van der Waals surface area contributed by atoms with Gasteiger partial charge in [0.25, 0.3) is 5.91 Å². The van der Waals surface area contributed by atoms with Gasteiger partial charge in [-0.15, -0.1) is 0 Å². The van der Waals surface area contributed by atoms with E-state index in [1.165, 1.54) is 0 Å². The molecule has 37 heavy (non-hydrogen) atoms. The van der Waals surface area contributed by atoms with Gasteiger partial charge in [0, 0.05) is 35.4 Å². The first-order valence-electron chi connectivity index (χ1n) is 11.8. The minimum Gasteiger partial charge on any atom is -0.497 e. The van der Waals surface area contributed by atoms with E-state index in [-0.39, 0.29) is 30.7 Å². The number of benzene rings is 3. The zero-order valence-electron chi connectivity index (χ0n) is 20.6. The molecule has 1 atom stereocenters. The average Bonchev–Trinajstić information content (AvgIpc) is 3.30. The summed E-state index contributed by atoms with van der Waals surface area (Å²) in [4.78, 5) is 39.1. The molecular formula is C28H28BrN3O5. The molecule has 0 aromatic heterocycles. The van der Waals surface area contributed by atoms with E-state index < -0.39 is 5.92 Å².